The van der Waals surface area contributed by atoms with Crippen LogP contribution in [0.2, 0.25) is 5.02 Å². The van der Waals surface area contributed by atoms with Gasteiger partial charge in [-0.3, -0.25) is 4.79 Å². The van der Waals surface area contributed by atoms with Gasteiger partial charge in [0.25, 0.3) is 5.91 Å². The zero-order valence-corrected chi connectivity index (χ0v) is 10.7. The van der Waals surface area contributed by atoms with Gasteiger partial charge in [0, 0.05) is 12.1 Å². The van der Waals surface area contributed by atoms with E-state index in [4.69, 9.17) is 17.3 Å². The highest BCUT2D eigenvalue weighted by atomic mass is 35.5. The standard InChI is InChI=1S/C13H17ClN2O/c1-9-3-4-10(11(14)7-9)12(17)16-8-13(15)5-2-6-13/h3-4,7H,2,5-6,8,15H2,1H3,(H,16,17). The van der Waals surface area contributed by atoms with E-state index in [9.17, 15) is 4.79 Å². The maximum atomic E-state index is 11.9. The van der Waals surface area contributed by atoms with Crippen molar-refractivity contribution in [1.82, 2.24) is 5.32 Å². The number of rotatable bonds is 3. The second-order valence-corrected chi connectivity index (χ2v) is 5.29. The monoisotopic (exact) mass is 252 g/mol. The van der Waals surface area contributed by atoms with Crippen molar-refractivity contribution in [2.75, 3.05) is 6.54 Å². The molecule has 0 heterocycles. The zero-order valence-electron chi connectivity index (χ0n) is 9.92. The van der Waals surface area contributed by atoms with Crippen molar-refractivity contribution in [2.45, 2.75) is 31.7 Å². The Morgan fingerprint density at radius 1 is 1.53 bits per heavy atom. The van der Waals surface area contributed by atoms with Crippen molar-refractivity contribution in [3.05, 3.63) is 34.3 Å². The van der Waals surface area contributed by atoms with Crippen LogP contribution in [0.4, 0.5) is 0 Å². The quantitative estimate of drug-likeness (QED) is 0.867. The molecule has 0 spiro atoms. The van der Waals surface area contributed by atoms with Crippen molar-refractivity contribution < 1.29 is 4.79 Å². The smallest absolute Gasteiger partial charge is 0.252 e. The minimum atomic E-state index is -0.202. The number of halogens is 1. The van der Waals surface area contributed by atoms with Crippen LogP contribution in [0.1, 0.15) is 35.2 Å². The number of aryl methyl sites for hydroxylation is 1. The maximum absolute atomic E-state index is 11.9. The second kappa shape index (κ2) is 4.67. The molecule has 1 fully saturated rings. The summed E-state index contributed by atoms with van der Waals surface area (Å²) >= 11 is 6.03. The van der Waals surface area contributed by atoms with Crippen LogP contribution in [0.3, 0.4) is 0 Å². The van der Waals surface area contributed by atoms with E-state index in [0.717, 1.165) is 24.8 Å². The van der Waals surface area contributed by atoms with E-state index >= 15 is 0 Å². The Hall–Kier alpha value is -1.06. The molecule has 1 amide bonds. The van der Waals surface area contributed by atoms with Gasteiger partial charge in [-0.25, -0.2) is 0 Å². The molecule has 0 aliphatic heterocycles. The lowest BCUT2D eigenvalue weighted by molar-refractivity contribution is 0.0930. The average molecular weight is 253 g/mol. The summed E-state index contributed by atoms with van der Waals surface area (Å²) in [5.41, 5.74) is 7.40. The Kier molecular flexibility index (Phi) is 3.40. The van der Waals surface area contributed by atoms with Gasteiger partial charge in [0.2, 0.25) is 0 Å². The van der Waals surface area contributed by atoms with Gasteiger partial charge in [0.1, 0.15) is 0 Å². The summed E-state index contributed by atoms with van der Waals surface area (Å²) in [6.45, 7) is 2.47. The zero-order chi connectivity index (χ0) is 12.5. The summed E-state index contributed by atoms with van der Waals surface area (Å²) in [6, 6.07) is 5.41. The average Bonchev–Trinajstić information content (AvgIpc) is 2.23. The first kappa shape index (κ1) is 12.4. The first-order chi connectivity index (χ1) is 8.00. The molecule has 1 aliphatic carbocycles. The predicted octanol–water partition coefficient (Wildman–Crippen LogP) is 2.26. The Labute approximate surface area is 106 Å². The van der Waals surface area contributed by atoms with Crippen LogP contribution in [0.5, 0.6) is 0 Å². The number of carbonyl (C=O) groups is 1. The number of nitrogens with two attached hydrogens (primary N) is 1. The lowest BCUT2D eigenvalue weighted by atomic mass is 9.78. The molecule has 0 saturated heterocycles. The Morgan fingerprint density at radius 2 is 2.24 bits per heavy atom. The number of benzene rings is 1. The molecule has 4 heteroatoms. The normalized spacial score (nSPS) is 17.4. The third-order valence-electron chi connectivity index (χ3n) is 3.32. The van der Waals surface area contributed by atoms with E-state index < -0.39 is 0 Å². The fraction of sp³-hybridized carbons (Fsp3) is 0.462. The lowest BCUT2D eigenvalue weighted by Gasteiger charge is -2.38. The molecule has 1 aromatic carbocycles. The molecular weight excluding hydrogens is 236 g/mol. The van der Waals surface area contributed by atoms with Gasteiger partial charge in [-0.15, -0.1) is 0 Å². The van der Waals surface area contributed by atoms with Crippen LogP contribution in [0, 0.1) is 6.92 Å². The van der Waals surface area contributed by atoms with E-state index in [1.54, 1.807) is 12.1 Å². The lowest BCUT2D eigenvalue weighted by Crippen LogP contribution is -2.54. The van der Waals surface area contributed by atoms with Crippen LogP contribution >= 0.6 is 11.6 Å². The van der Waals surface area contributed by atoms with Crippen LogP contribution in [-0.4, -0.2) is 18.0 Å². The molecule has 0 unspecified atom stereocenters. The van der Waals surface area contributed by atoms with Crippen LogP contribution < -0.4 is 11.1 Å². The fourth-order valence-electron chi connectivity index (χ4n) is 1.96. The van der Waals surface area contributed by atoms with Crippen molar-refractivity contribution >= 4 is 17.5 Å². The van der Waals surface area contributed by atoms with Gasteiger partial charge in [-0.1, -0.05) is 17.7 Å². The van der Waals surface area contributed by atoms with E-state index in [1.165, 1.54) is 0 Å². The minimum absolute atomic E-state index is 0.147. The van der Waals surface area contributed by atoms with Gasteiger partial charge >= 0.3 is 0 Å². The summed E-state index contributed by atoms with van der Waals surface area (Å²) < 4.78 is 0. The molecule has 3 N–H and O–H groups in total. The molecule has 0 aromatic heterocycles. The first-order valence-corrected chi connectivity index (χ1v) is 6.21. The van der Waals surface area contributed by atoms with Crippen molar-refractivity contribution in [3.8, 4) is 0 Å². The first-order valence-electron chi connectivity index (χ1n) is 5.83. The molecule has 3 nitrogen and oxygen atoms in total. The maximum Gasteiger partial charge on any atom is 0.252 e. The largest absolute Gasteiger partial charge is 0.350 e. The number of amides is 1. The van der Waals surface area contributed by atoms with Crippen molar-refractivity contribution in [3.63, 3.8) is 0 Å². The highest BCUT2D eigenvalue weighted by Gasteiger charge is 2.32. The minimum Gasteiger partial charge on any atom is -0.350 e. The number of hydrogen-bond acceptors (Lipinski definition) is 2. The molecule has 92 valence electrons. The van der Waals surface area contributed by atoms with Gasteiger partial charge in [-0.05, 0) is 43.9 Å². The van der Waals surface area contributed by atoms with Crippen molar-refractivity contribution in [2.24, 2.45) is 5.73 Å². The summed E-state index contributed by atoms with van der Waals surface area (Å²) in [7, 11) is 0. The highest BCUT2D eigenvalue weighted by Crippen LogP contribution is 2.28. The van der Waals surface area contributed by atoms with Gasteiger partial charge in [-0.2, -0.15) is 0 Å². The molecular formula is C13H17ClN2O. The van der Waals surface area contributed by atoms with Gasteiger partial charge < -0.3 is 11.1 Å². The summed E-state index contributed by atoms with van der Waals surface area (Å²) in [5, 5.41) is 3.34. The molecule has 1 aromatic rings. The van der Waals surface area contributed by atoms with E-state index in [2.05, 4.69) is 5.32 Å². The Balaban J connectivity index is 1.99. The van der Waals surface area contributed by atoms with E-state index in [0.29, 0.717) is 17.1 Å². The summed E-state index contributed by atoms with van der Waals surface area (Å²) in [6.07, 6.45) is 3.11. The summed E-state index contributed by atoms with van der Waals surface area (Å²) in [5.74, 6) is -0.147. The van der Waals surface area contributed by atoms with Crippen LogP contribution in [0.25, 0.3) is 0 Å². The van der Waals surface area contributed by atoms with Crippen LogP contribution in [-0.2, 0) is 0 Å². The molecule has 0 radical (unpaired) electrons. The SMILES string of the molecule is Cc1ccc(C(=O)NCC2(N)CCC2)c(Cl)c1. The van der Waals surface area contributed by atoms with Gasteiger partial charge in [0.15, 0.2) is 0 Å². The molecule has 1 aliphatic rings. The fourth-order valence-corrected chi connectivity index (χ4v) is 2.28. The molecule has 2 rings (SSSR count). The number of nitrogens with one attached hydrogen (secondary N) is 1. The molecule has 1 saturated carbocycles. The number of carbonyl (C=O) groups excluding carboxylic acids is 1. The van der Waals surface area contributed by atoms with E-state index in [1.807, 2.05) is 13.0 Å². The topological polar surface area (TPSA) is 55.1 Å². The Bertz CT molecular complexity index is 441. The van der Waals surface area contributed by atoms with Crippen LogP contribution in [0.15, 0.2) is 18.2 Å². The second-order valence-electron chi connectivity index (χ2n) is 4.88. The number of hydrogen-bond donors (Lipinski definition) is 2. The summed E-state index contributed by atoms with van der Waals surface area (Å²) in [4.78, 5) is 11.9. The third-order valence-corrected chi connectivity index (χ3v) is 3.63. The molecule has 0 atom stereocenters. The predicted molar refractivity (Wildman–Crippen MR) is 69.3 cm³/mol. The van der Waals surface area contributed by atoms with Gasteiger partial charge in [0.05, 0.1) is 10.6 Å². The van der Waals surface area contributed by atoms with Crippen molar-refractivity contribution in [1.29, 1.82) is 0 Å². The molecule has 17 heavy (non-hydrogen) atoms. The third kappa shape index (κ3) is 2.79. The highest BCUT2D eigenvalue weighted by molar-refractivity contribution is 6.33. The van der Waals surface area contributed by atoms with E-state index in [-0.39, 0.29) is 11.4 Å². The molecule has 0 bridgehead atoms. The Morgan fingerprint density at radius 3 is 2.76 bits per heavy atom.